The highest BCUT2D eigenvalue weighted by molar-refractivity contribution is 7.92. The first kappa shape index (κ1) is 20.9. The molecule has 0 heterocycles. The molecule has 0 aliphatic rings. The molecule has 0 amide bonds. The molecule has 3 aromatic carbocycles. The van der Waals surface area contributed by atoms with Crippen molar-refractivity contribution >= 4 is 57.0 Å². The van der Waals surface area contributed by atoms with E-state index in [1.807, 2.05) is 0 Å². The fourth-order valence-corrected chi connectivity index (χ4v) is 3.90. The maximum Gasteiger partial charge on any atom is 0.335 e. The topological polar surface area (TPSA) is 83.5 Å². The number of rotatable bonds is 6. The molecule has 0 aromatic heterocycles. The number of nitrogens with one attached hydrogen (secondary N) is 1. The van der Waals surface area contributed by atoms with Crippen LogP contribution in [0, 0.1) is 0 Å². The molecule has 0 saturated heterocycles. The van der Waals surface area contributed by atoms with E-state index in [1.54, 1.807) is 42.5 Å². The van der Waals surface area contributed by atoms with Gasteiger partial charge in [-0.05, 0) is 60.2 Å². The van der Waals surface area contributed by atoms with E-state index in [9.17, 15) is 13.2 Å². The minimum atomic E-state index is -3.81. The molecule has 148 valence electrons. The van der Waals surface area contributed by atoms with Crippen LogP contribution in [-0.4, -0.2) is 19.5 Å². The van der Waals surface area contributed by atoms with Gasteiger partial charge in [0.05, 0.1) is 16.1 Å². The Morgan fingerprint density at radius 2 is 1.48 bits per heavy atom. The zero-order chi connectivity index (χ0) is 21.0. The van der Waals surface area contributed by atoms with E-state index >= 15 is 0 Å². The van der Waals surface area contributed by atoms with Crippen molar-refractivity contribution in [1.82, 2.24) is 0 Å². The van der Waals surface area contributed by atoms with Gasteiger partial charge in [0.25, 0.3) is 10.0 Å². The first-order valence-electron chi connectivity index (χ1n) is 8.34. The van der Waals surface area contributed by atoms with Gasteiger partial charge in [-0.3, -0.25) is 4.72 Å². The number of sulfonamides is 1. The Morgan fingerprint density at radius 3 is 2.10 bits per heavy atom. The van der Waals surface area contributed by atoms with Crippen LogP contribution >= 0.6 is 23.2 Å². The van der Waals surface area contributed by atoms with Gasteiger partial charge in [-0.2, -0.15) is 0 Å². The number of hydrogen-bond acceptors (Lipinski definition) is 3. The van der Waals surface area contributed by atoms with Gasteiger partial charge in [-0.1, -0.05) is 47.5 Å². The number of hydrogen-bond donors (Lipinski definition) is 2. The van der Waals surface area contributed by atoms with E-state index in [2.05, 4.69) is 4.72 Å². The molecule has 0 saturated carbocycles. The highest BCUT2D eigenvalue weighted by Gasteiger charge is 2.15. The molecule has 8 heteroatoms. The summed E-state index contributed by atoms with van der Waals surface area (Å²) in [5.41, 5.74) is 1.84. The summed E-state index contributed by atoms with van der Waals surface area (Å²) in [5.74, 6) is -1.01. The van der Waals surface area contributed by atoms with Crippen molar-refractivity contribution in [2.45, 2.75) is 4.90 Å². The predicted molar refractivity (Wildman–Crippen MR) is 116 cm³/mol. The third kappa shape index (κ3) is 5.38. The van der Waals surface area contributed by atoms with Crippen molar-refractivity contribution in [2.24, 2.45) is 0 Å². The minimum absolute atomic E-state index is 0.0797. The molecule has 0 aliphatic carbocycles. The Hall–Kier alpha value is -2.80. The second-order valence-corrected chi connectivity index (χ2v) is 8.61. The molecular weight excluding hydrogens is 433 g/mol. The summed E-state index contributed by atoms with van der Waals surface area (Å²) in [7, 11) is -3.81. The Labute approximate surface area is 178 Å². The van der Waals surface area contributed by atoms with Crippen LogP contribution in [0.5, 0.6) is 0 Å². The van der Waals surface area contributed by atoms with Crippen LogP contribution in [0.1, 0.15) is 21.5 Å². The molecule has 3 aromatic rings. The third-order valence-electron chi connectivity index (χ3n) is 3.99. The van der Waals surface area contributed by atoms with E-state index in [0.29, 0.717) is 21.3 Å². The highest BCUT2D eigenvalue weighted by atomic mass is 35.5. The van der Waals surface area contributed by atoms with Gasteiger partial charge in [0.2, 0.25) is 0 Å². The molecule has 3 rings (SSSR count). The number of carbonyl (C=O) groups is 1. The largest absolute Gasteiger partial charge is 0.478 e. The molecule has 29 heavy (non-hydrogen) atoms. The van der Waals surface area contributed by atoms with Crippen molar-refractivity contribution in [3.8, 4) is 0 Å². The number of aromatic carboxylic acids is 1. The van der Waals surface area contributed by atoms with Crippen LogP contribution in [-0.2, 0) is 10.0 Å². The van der Waals surface area contributed by atoms with E-state index in [-0.39, 0.29) is 10.5 Å². The second-order valence-electron chi connectivity index (χ2n) is 6.05. The van der Waals surface area contributed by atoms with Gasteiger partial charge in [0.1, 0.15) is 0 Å². The van der Waals surface area contributed by atoms with Crippen molar-refractivity contribution in [1.29, 1.82) is 0 Å². The summed E-state index contributed by atoms with van der Waals surface area (Å²) in [4.78, 5) is 11.0. The maximum atomic E-state index is 12.7. The zero-order valence-corrected chi connectivity index (χ0v) is 17.2. The SMILES string of the molecule is O=C(O)c1ccc(C=Cc2cc(Cl)ccc2NS(=O)(=O)c2ccc(Cl)cc2)cc1. The molecule has 0 unspecified atom stereocenters. The van der Waals surface area contributed by atoms with Gasteiger partial charge in [-0.25, -0.2) is 13.2 Å². The van der Waals surface area contributed by atoms with Crippen LogP contribution in [0.2, 0.25) is 10.0 Å². The van der Waals surface area contributed by atoms with Gasteiger partial charge in [-0.15, -0.1) is 0 Å². The minimum Gasteiger partial charge on any atom is -0.478 e. The van der Waals surface area contributed by atoms with Crippen LogP contribution in [0.25, 0.3) is 12.2 Å². The molecule has 0 atom stereocenters. The van der Waals surface area contributed by atoms with E-state index in [1.165, 1.54) is 36.4 Å². The summed E-state index contributed by atoms with van der Waals surface area (Å²) in [6.45, 7) is 0. The lowest BCUT2D eigenvalue weighted by molar-refractivity contribution is 0.0697. The Balaban J connectivity index is 1.89. The Morgan fingerprint density at radius 1 is 0.862 bits per heavy atom. The first-order valence-corrected chi connectivity index (χ1v) is 10.6. The molecule has 0 radical (unpaired) electrons. The number of anilines is 1. The van der Waals surface area contributed by atoms with Crippen molar-refractivity contribution in [2.75, 3.05) is 4.72 Å². The molecular formula is C21H15Cl2NO4S. The zero-order valence-electron chi connectivity index (χ0n) is 14.8. The summed E-state index contributed by atoms with van der Waals surface area (Å²) in [5, 5.41) is 9.85. The first-order chi connectivity index (χ1) is 13.7. The fraction of sp³-hybridized carbons (Fsp3) is 0. The Kier molecular flexibility index (Phi) is 6.27. The standard InChI is InChI=1S/C21H15Cl2NO4S/c22-17-7-10-19(11-8-17)29(27,28)24-20-12-9-18(23)13-16(20)6-3-14-1-4-15(5-2-14)21(25)26/h1-13,24H,(H,25,26). The molecule has 0 fully saturated rings. The van der Waals surface area contributed by atoms with Crippen LogP contribution in [0.4, 0.5) is 5.69 Å². The maximum absolute atomic E-state index is 12.7. The Bertz CT molecular complexity index is 1170. The summed E-state index contributed by atoms with van der Waals surface area (Å²) >= 11 is 11.9. The van der Waals surface area contributed by atoms with Crippen molar-refractivity contribution < 1.29 is 18.3 Å². The summed E-state index contributed by atoms with van der Waals surface area (Å²) in [6, 6.07) is 16.9. The summed E-state index contributed by atoms with van der Waals surface area (Å²) in [6.07, 6.45) is 3.43. The number of carboxylic acids is 1. The van der Waals surface area contributed by atoms with Gasteiger partial charge >= 0.3 is 5.97 Å². The lowest BCUT2D eigenvalue weighted by atomic mass is 10.1. The van der Waals surface area contributed by atoms with E-state index in [4.69, 9.17) is 28.3 Å². The molecule has 2 N–H and O–H groups in total. The molecule has 0 spiro atoms. The number of halogens is 2. The quantitative estimate of drug-likeness (QED) is 0.477. The highest BCUT2D eigenvalue weighted by Crippen LogP contribution is 2.26. The molecule has 0 bridgehead atoms. The van der Waals surface area contributed by atoms with E-state index < -0.39 is 16.0 Å². The van der Waals surface area contributed by atoms with Gasteiger partial charge < -0.3 is 5.11 Å². The van der Waals surface area contributed by atoms with Gasteiger partial charge in [0.15, 0.2) is 0 Å². The van der Waals surface area contributed by atoms with Crippen LogP contribution < -0.4 is 4.72 Å². The van der Waals surface area contributed by atoms with Crippen LogP contribution in [0.15, 0.2) is 71.6 Å². The normalized spacial score (nSPS) is 11.5. The monoisotopic (exact) mass is 447 g/mol. The molecule has 5 nitrogen and oxygen atoms in total. The lowest BCUT2D eigenvalue weighted by Gasteiger charge is -2.11. The number of benzene rings is 3. The van der Waals surface area contributed by atoms with Crippen molar-refractivity contribution in [3.05, 3.63) is 93.5 Å². The van der Waals surface area contributed by atoms with Gasteiger partial charge in [0, 0.05) is 15.6 Å². The number of carboxylic acid groups (broad SMARTS) is 1. The average molecular weight is 448 g/mol. The smallest absolute Gasteiger partial charge is 0.335 e. The lowest BCUT2D eigenvalue weighted by Crippen LogP contribution is -2.13. The van der Waals surface area contributed by atoms with E-state index in [0.717, 1.165) is 5.56 Å². The van der Waals surface area contributed by atoms with Crippen LogP contribution in [0.3, 0.4) is 0 Å². The third-order valence-corrected chi connectivity index (χ3v) is 5.86. The van der Waals surface area contributed by atoms with Crippen molar-refractivity contribution in [3.63, 3.8) is 0 Å². The molecule has 0 aliphatic heterocycles. The second kappa shape index (κ2) is 8.69. The average Bonchev–Trinajstić information content (AvgIpc) is 2.68. The summed E-state index contributed by atoms with van der Waals surface area (Å²) < 4.78 is 27.9. The fourth-order valence-electron chi connectivity index (χ4n) is 2.50. The predicted octanol–water partition coefficient (Wildman–Crippen LogP) is 5.66.